The highest BCUT2D eigenvalue weighted by Gasteiger charge is 2.06. The van der Waals surface area contributed by atoms with Crippen LogP contribution in [0.1, 0.15) is 43.4 Å². The first kappa shape index (κ1) is 28.0. The molecule has 2 rings (SSSR count). The van der Waals surface area contributed by atoms with Gasteiger partial charge in [-0.25, -0.2) is 0 Å². The predicted molar refractivity (Wildman–Crippen MR) is 127 cm³/mol. The van der Waals surface area contributed by atoms with Gasteiger partial charge in [-0.1, -0.05) is 24.3 Å². The van der Waals surface area contributed by atoms with Crippen LogP contribution < -0.4 is 4.74 Å². The second-order valence-corrected chi connectivity index (χ2v) is 7.33. The maximum Gasteiger partial charge on any atom is 0.163 e. The zero-order valence-electron chi connectivity index (χ0n) is 19.3. The van der Waals surface area contributed by atoms with Gasteiger partial charge in [0.1, 0.15) is 17.3 Å². The van der Waals surface area contributed by atoms with Gasteiger partial charge in [-0.2, -0.15) is 0 Å². The van der Waals surface area contributed by atoms with Gasteiger partial charge in [0.15, 0.2) is 23.1 Å². The lowest BCUT2D eigenvalue weighted by Crippen LogP contribution is -2.01. The number of hydrogen-bond donors (Lipinski definition) is 3. The first-order chi connectivity index (χ1) is 16.0. The van der Waals surface area contributed by atoms with Gasteiger partial charge < -0.3 is 20.1 Å². The molecule has 34 heavy (non-hydrogen) atoms. The molecule has 0 aromatic heterocycles. The van der Waals surface area contributed by atoms with E-state index in [2.05, 4.69) is 0 Å². The number of phenolic OH excluding ortho intramolecular Hbond substituents is 1. The van der Waals surface area contributed by atoms with E-state index < -0.39 is 0 Å². The van der Waals surface area contributed by atoms with E-state index in [9.17, 15) is 29.4 Å². The number of aliphatic hydroxyl groups excluding tert-OH is 1. The van der Waals surface area contributed by atoms with E-state index >= 15 is 0 Å². The number of hydrogen-bond acceptors (Lipinski definition) is 8. The van der Waals surface area contributed by atoms with E-state index in [-0.39, 0.29) is 54.1 Å². The molecule has 8 heteroatoms. The van der Waals surface area contributed by atoms with Gasteiger partial charge in [0.2, 0.25) is 0 Å². The van der Waals surface area contributed by atoms with Crippen molar-refractivity contribution in [3.63, 3.8) is 0 Å². The molecule has 0 heterocycles. The fourth-order valence-electron chi connectivity index (χ4n) is 2.65. The Kier molecular flexibility index (Phi) is 11.7. The lowest BCUT2D eigenvalue weighted by molar-refractivity contribution is -0.125. The van der Waals surface area contributed by atoms with Crippen LogP contribution in [0, 0.1) is 0 Å². The third-order valence-corrected chi connectivity index (χ3v) is 4.25. The summed E-state index contributed by atoms with van der Waals surface area (Å²) in [7, 11) is 1.43. The van der Waals surface area contributed by atoms with Crippen LogP contribution in [0.4, 0.5) is 0 Å². The van der Waals surface area contributed by atoms with Gasteiger partial charge in [-0.15, -0.1) is 0 Å². The molecule has 0 aliphatic rings. The summed E-state index contributed by atoms with van der Waals surface area (Å²) in [5.41, 5.74) is 1.64. The van der Waals surface area contributed by atoms with Crippen LogP contribution in [0.2, 0.25) is 0 Å². The Hall–Kier alpha value is -4.04. The Labute approximate surface area is 197 Å². The SMILES string of the molecule is CC(=O)CC(C)=O.COc1cc(/C=C/C(=O)CC(=O)/C=C/c2ccc(O)c(CO)c2)ccc1O. The Morgan fingerprint density at radius 3 is 1.74 bits per heavy atom. The number of carbonyl (C=O) groups excluding carboxylic acids is 4. The molecule has 2 aromatic carbocycles. The second-order valence-electron chi connectivity index (χ2n) is 7.33. The molecule has 8 nitrogen and oxygen atoms in total. The number of allylic oxidation sites excluding steroid dienone is 2. The minimum atomic E-state index is -0.369. The maximum absolute atomic E-state index is 11.9. The van der Waals surface area contributed by atoms with Crippen LogP contribution >= 0.6 is 0 Å². The highest BCUT2D eigenvalue weighted by atomic mass is 16.5. The third-order valence-electron chi connectivity index (χ3n) is 4.25. The summed E-state index contributed by atoms with van der Waals surface area (Å²) >= 11 is 0. The highest BCUT2D eigenvalue weighted by Crippen LogP contribution is 2.26. The minimum absolute atomic E-state index is 0.000113. The van der Waals surface area contributed by atoms with Crippen LogP contribution in [0.5, 0.6) is 17.2 Å². The Bertz CT molecular complexity index is 1010. The van der Waals surface area contributed by atoms with Crippen molar-refractivity contribution in [3.8, 4) is 17.2 Å². The van der Waals surface area contributed by atoms with Crippen molar-refractivity contribution in [1.82, 2.24) is 0 Å². The summed E-state index contributed by atoms with van der Waals surface area (Å²) in [5, 5.41) is 28.2. The lowest BCUT2D eigenvalue weighted by atomic mass is 10.1. The van der Waals surface area contributed by atoms with E-state index in [1.165, 1.54) is 57.4 Å². The summed E-state index contributed by atoms with van der Waals surface area (Å²) in [6.07, 6.45) is 5.43. The second kappa shape index (κ2) is 14.2. The molecule has 180 valence electrons. The van der Waals surface area contributed by atoms with Crippen molar-refractivity contribution in [2.45, 2.75) is 33.3 Å². The summed E-state index contributed by atoms with van der Waals surface area (Å²) in [5.74, 6) is -0.586. The summed E-state index contributed by atoms with van der Waals surface area (Å²) < 4.78 is 4.99. The summed E-state index contributed by atoms with van der Waals surface area (Å²) in [4.78, 5) is 43.9. The average molecular weight is 469 g/mol. The van der Waals surface area contributed by atoms with E-state index in [1.807, 2.05) is 0 Å². The quantitative estimate of drug-likeness (QED) is 0.356. The van der Waals surface area contributed by atoms with E-state index in [0.717, 1.165) is 0 Å². The number of Topliss-reactive ketones (excluding diaryl/α,β-unsaturated/α-hetero) is 2. The molecule has 0 saturated carbocycles. The van der Waals surface area contributed by atoms with Crippen molar-refractivity contribution in [2.75, 3.05) is 7.11 Å². The van der Waals surface area contributed by atoms with Crippen molar-refractivity contribution in [3.05, 3.63) is 65.2 Å². The average Bonchev–Trinajstić information content (AvgIpc) is 2.77. The number of phenols is 2. The van der Waals surface area contributed by atoms with Gasteiger partial charge in [-0.3, -0.25) is 19.2 Å². The largest absolute Gasteiger partial charge is 0.508 e. The Morgan fingerprint density at radius 1 is 0.794 bits per heavy atom. The number of aliphatic hydroxyl groups is 1. The molecule has 3 N–H and O–H groups in total. The molecule has 0 aliphatic heterocycles. The van der Waals surface area contributed by atoms with Crippen LogP contribution in [0.25, 0.3) is 12.2 Å². The number of ether oxygens (including phenoxy) is 1. The standard InChI is InChI=1S/C21H20O6.C5H8O2/c1-27-21-11-15(5-9-20(21)26)3-7-18(24)12-17(23)6-2-14-4-8-19(25)16(10-14)13-22;1-4(6)3-5(2)7/h2-11,22,25-26H,12-13H2,1H3;3H2,1-2H3/b6-2+,7-3+;. The van der Waals surface area contributed by atoms with Crippen LogP contribution in [0.15, 0.2) is 48.6 Å². The van der Waals surface area contributed by atoms with Gasteiger partial charge in [-0.05, 0) is 61.4 Å². The van der Waals surface area contributed by atoms with E-state index in [4.69, 9.17) is 9.84 Å². The summed E-state index contributed by atoms with van der Waals surface area (Å²) in [6.45, 7) is 2.50. The van der Waals surface area contributed by atoms with Gasteiger partial charge in [0, 0.05) is 5.56 Å². The number of benzene rings is 2. The fraction of sp³-hybridized carbons (Fsp3) is 0.231. The van der Waals surface area contributed by atoms with Gasteiger partial charge >= 0.3 is 0 Å². The van der Waals surface area contributed by atoms with Crippen LogP contribution in [0.3, 0.4) is 0 Å². The number of rotatable bonds is 10. The lowest BCUT2D eigenvalue weighted by Gasteiger charge is -2.03. The molecule has 0 amide bonds. The number of ketones is 4. The van der Waals surface area contributed by atoms with E-state index in [0.29, 0.717) is 22.4 Å². The molecule has 0 aliphatic carbocycles. The molecule has 2 aromatic rings. The smallest absolute Gasteiger partial charge is 0.163 e. The molecule has 0 bridgehead atoms. The molecule has 0 radical (unpaired) electrons. The first-order valence-electron chi connectivity index (χ1n) is 10.3. The van der Waals surface area contributed by atoms with Crippen LogP contribution in [-0.2, 0) is 25.8 Å². The molecule has 0 atom stereocenters. The highest BCUT2D eigenvalue weighted by molar-refractivity contribution is 6.10. The molecule has 0 fully saturated rings. The van der Waals surface area contributed by atoms with Gasteiger partial charge in [0.05, 0.1) is 26.6 Å². The molecule has 0 saturated heterocycles. The number of methoxy groups -OCH3 is 1. The topological polar surface area (TPSA) is 138 Å². The molecule has 0 spiro atoms. The molecular formula is C26H28O8. The van der Waals surface area contributed by atoms with Crippen molar-refractivity contribution in [1.29, 1.82) is 0 Å². The fourth-order valence-corrected chi connectivity index (χ4v) is 2.65. The normalized spacial score (nSPS) is 10.6. The molecule has 0 unspecified atom stereocenters. The Morgan fingerprint density at radius 2 is 1.29 bits per heavy atom. The Balaban J connectivity index is 0.000000718. The minimum Gasteiger partial charge on any atom is -0.508 e. The first-order valence-corrected chi connectivity index (χ1v) is 10.3. The zero-order valence-corrected chi connectivity index (χ0v) is 19.3. The summed E-state index contributed by atoms with van der Waals surface area (Å²) in [6, 6.07) is 9.22. The molecular weight excluding hydrogens is 440 g/mol. The van der Waals surface area contributed by atoms with E-state index in [1.54, 1.807) is 24.3 Å². The zero-order chi connectivity index (χ0) is 25.7. The van der Waals surface area contributed by atoms with Crippen molar-refractivity contribution < 1.29 is 39.2 Å². The monoisotopic (exact) mass is 468 g/mol. The van der Waals surface area contributed by atoms with Crippen molar-refractivity contribution in [2.24, 2.45) is 0 Å². The van der Waals surface area contributed by atoms with Gasteiger partial charge in [0.25, 0.3) is 0 Å². The van der Waals surface area contributed by atoms with Crippen LogP contribution in [-0.4, -0.2) is 45.6 Å². The number of carbonyl (C=O) groups is 4. The maximum atomic E-state index is 11.9. The van der Waals surface area contributed by atoms with Crippen molar-refractivity contribution >= 4 is 35.3 Å². The predicted octanol–water partition coefficient (Wildman–Crippen LogP) is 3.41. The number of aromatic hydroxyl groups is 2. The third kappa shape index (κ3) is 10.5.